The Labute approximate surface area is 429 Å². The van der Waals surface area contributed by atoms with Gasteiger partial charge in [0.15, 0.2) is 0 Å². The van der Waals surface area contributed by atoms with Gasteiger partial charge in [-0.25, -0.2) is 4.79 Å². The van der Waals surface area contributed by atoms with Crippen molar-refractivity contribution in [2.24, 2.45) is 17.4 Å². The van der Waals surface area contributed by atoms with E-state index in [1.54, 1.807) is 13.8 Å². The van der Waals surface area contributed by atoms with E-state index in [0.717, 1.165) is 13.8 Å². The molecule has 0 fully saturated rings. The van der Waals surface area contributed by atoms with Crippen LogP contribution in [0, 0.1) is 5.92 Å². The molecular formula is C47H66N10O18. The number of carboxylic acid groups (broad SMARTS) is 3. The van der Waals surface area contributed by atoms with E-state index < -0.39 is 158 Å². The molecule has 2 rings (SSSR count). The number of aliphatic hydroxyl groups is 1. The standard InChI is InChI=1S/C47H66N10O18/c1-22(2)17-34(47(74)75)52-36(62)21-50-42(69)33(20-38(65)66)56-44(71)31(14-16-37(63)64)54-46(73)39(24(4)58)57-40(67)23(3)51-45(72)32(19-26-7-11-28(60)12-8-26)55-43(70)30(13-15-35(49)61)53-41(68)29(48)18-25-5-9-27(59)10-6-25/h5-12,22-24,29-34,39,58-60H,13-21,48H2,1-4H3,(H2,49,61)(H,50,69)(H,51,72)(H,52,62)(H,53,68)(H,54,73)(H,55,70)(H,56,71)(H,57,67)(H,63,64)(H,65,66)(H,74,75)/t23-,24+,29-,30-,31-,32-,33-,34-,39-/m0/s1. The quantitative estimate of drug-likeness (QED) is 0.0331. The lowest BCUT2D eigenvalue weighted by molar-refractivity contribution is -0.143. The molecule has 28 nitrogen and oxygen atoms in total. The molecule has 18 N–H and O–H groups in total. The van der Waals surface area contributed by atoms with Gasteiger partial charge in [-0.2, -0.15) is 0 Å². The highest BCUT2D eigenvalue weighted by atomic mass is 16.4. The van der Waals surface area contributed by atoms with Crippen molar-refractivity contribution in [2.75, 3.05) is 6.54 Å². The van der Waals surface area contributed by atoms with Gasteiger partial charge in [-0.15, -0.1) is 0 Å². The van der Waals surface area contributed by atoms with Crippen LogP contribution in [0.4, 0.5) is 0 Å². The summed E-state index contributed by atoms with van der Waals surface area (Å²) in [6, 6.07) is -1.74. The number of benzene rings is 2. The van der Waals surface area contributed by atoms with Crippen LogP contribution in [0.3, 0.4) is 0 Å². The number of aliphatic hydroxyl groups excluding tert-OH is 1. The normalized spacial score (nSPS) is 14.5. The number of phenols is 2. The summed E-state index contributed by atoms with van der Waals surface area (Å²) in [6.45, 7) is 4.74. The smallest absolute Gasteiger partial charge is 0.326 e. The number of aliphatic carboxylic acids is 3. The van der Waals surface area contributed by atoms with Crippen molar-refractivity contribution >= 4 is 71.1 Å². The van der Waals surface area contributed by atoms with E-state index in [9.17, 15) is 88.2 Å². The fourth-order valence-electron chi connectivity index (χ4n) is 6.91. The molecule has 75 heavy (non-hydrogen) atoms. The number of rotatable bonds is 32. The first-order valence-corrected chi connectivity index (χ1v) is 23.4. The summed E-state index contributed by atoms with van der Waals surface area (Å²) in [5.41, 5.74) is 12.4. The molecule has 0 spiro atoms. The monoisotopic (exact) mass is 1060 g/mol. The molecule has 0 radical (unpaired) electrons. The number of amides is 9. The van der Waals surface area contributed by atoms with Crippen LogP contribution in [0.25, 0.3) is 0 Å². The summed E-state index contributed by atoms with van der Waals surface area (Å²) in [4.78, 5) is 154. The number of carbonyl (C=O) groups is 12. The van der Waals surface area contributed by atoms with Gasteiger partial charge in [-0.1, -0.05) is 38.1 Å². The molecule has 28 heteroatoms. The van der Waals surface area contributed by atoms with Gasteiger partial charge >= 0.3 is 17.9 Å². The first-order valence-electron chi connectivity index (χ1n) is 23.4. The highest BCUT2D eigenvalue weighted by molar-refractivity contribution is 5.98. The molecule has 0 unspecified atom stereocenters. The predicted octanol–water partition coefficient (Wildman–Crippen LogP) is -4.14. The third-order valence-electron chi connectivity index (χ3n) is 10.9. The Morgan fingerprint density at radius 2 is 1.00 bits per heavy atom. The molecule has 0 aliphatic rings. The van der Waals surface area contributed by atoms with Gasteiger partial charge in [0.25, 0.3) is 0 Å². The van der Waals surface area contributed by atoms with E-state index in [-0.39, 0.29) is 43.1 Å². The number of phenolic OH excluding ortho intramolecular Hbond substituents is 2. The highest BCUT2D eigenvalue weighted by Crippen LogP contribution is 2.14. The number of hydrogen-bond acceptors (Lipinski definition) is 16. The molecule has 0 aliphatic heterocycles. The summed E-state index contributed by atoms with van der Waals surface area (Å²) in [5, 5.41) is 76.3. The van der Waals surface area contributed by atoms with Crippen molar-refractivity contribution < 1.29 is 88.2 Å². The maximum Gasteiger partial charge on any atom is 0.326 e. The van der Waals surface area contributed by atoms with Gasteiger partial charge in [0.05, 0.1) is 25.1 Å². The molecule has 0 aliphatic carbocycles. The Bertz CT molecular complexity index is 2370. The third-order valence-corrected chi connectivity index (χ3v) is 10.9. The lowest BCUT2D eigenvalue weighted by Gasteiger charge is -2.27. The van der Waals surface area contributed by atoms with E-state index in [2.05, 4.69) is 42.5 Å². The zero-order valence-electron chi connectivity index (χ0n) is 41.5. The van der Waals surface area contributed by atoms with Crippen molar-refractivity contribution in [1.29, 1.82) is 0 Å². The Hall–Kier alpha value is -8.40. The van der Waals surface area contributed by atoms with Crippen LogP contribution in [0.1, 0.15) is 77.3 Å². The zero-order valence-corrected chi connectivity index (χ0v) is 41.5. The fraction of sp³-hybridized carbons (Fsp3) is 0.489. The van der Waals surface area contributed by atoms with Gasteiger partial charge < -0.3 is 84.6 Å². The summed E-state index contributed by atoms with van der Waals surface area (Å²) in [5.74, 6) is -14.4. The average molecular weight is 1060 g/mol. The van der Waals surface area contributed by atoms with E-state index in [0.29, 0.717) is 11.1 Å². The van der Waals surface area contributed by atoms with Crippen molar-refractivity contribution in [3.05, 3.63) is 59.7 Å². The van der Waals surface area contributed by atoms with E-state index in [1.807, 2.05) is 0 Å². The minimum Gasteiger partial charge on any atom is -0.508 e. The topological polar surface area (TPSA) is 474 Å². The first-order chi connectivity index (χ1) is 35.1. The number of carbonyl (C=O) groups excluding carboxylic acids is 9. The molecule has 2 aromatic carbocycles. The van der Waals surface area contributed by atoms with E-state index in [1.165, 1.54) is 48.5 Å². The molecule has 0 aromatic heterocycles. The number of primary amides is 1. The molecule has 0 saturated heterocycles. The van der Waals surface area contributed by atoms with Crippen LogP contribution in [0.5, 0.6) is 11.5 Å². The van der Waals surface area contributed by atoms with Crippen molar-refractivity contribution in [1.82, 2.24) is 42.5 Å². The van der Waals surface area contributed by atoms with Crippen LogP contribution in [0.15, 0.2) is 48.5 Å². The second-order valence-electron chi connectivity index (χ2n) is 17.9. The highest BCUT2D eigenvalue weighted by Gasteiger charge is 2.35. The van der Waals surface area contributed by atoms with Crippen molar-refractivity contribution in [3.63, 3.8) is 0 Å². The maximum atomic E-state index is 13.9. The number of carboxylic acids is 3. The molecule has 412 valence electrons. The largest absolute Gasteiger partial charge is 0.508 e. The Morgan fingerprint density at radius 3 is 1.48 bits per heavy atom. The van der Waals surface area contributed by atoms with Crippen LogP contribution in [-0.4, -0.2) is 163 Å². The van der Waals surface area contributed by atoms with Crippen molar-refractivity contribution in [2.45, 2.75) is 134 Å². The van der Waals surface area contributed by atoms with E-state index in [4.69, 9.17) is 11.5 Å². The summed E-state index contributed by atoms with van der Waals surface area (Å²) in [6.07, 6.45) is -5.38. The number of hydrogen-bond donors (Lipinski definition) is 16. The van der Waals surface area contributed by atoms with Crippen LogP contribution in [-0.2, 0) is 70.4 Å². The van der Waals surface area contributed by atoms with Crippen LogP contribution >= 0.6 is 0 Å². The second-order valence-corrected chi connectivity index (χ2v) is 17.9. The second kappa shape index (κ2) is 30.6. The van der Waals surface area contributed by atoms with Crippen molar-refractivity contribution in [3.8, 4) is 11.5 Å². The molecule has 9 atom stereocenters. The Kier molecular flexibility index (Phi) is 25.6. The first kappa shape index (κ1) is 62.7. The van der Waals surface area contributed by atoms with Gasteiger partial charge in [0.2, 0.25) is 53.2 Å². The van der Waals surface area contributed by atoms with Gasteiger partial charge in [-0.3, -0.25) is 52.7 Å². The number of nitrogens with one attached hydrogen (secondary N) is 8. The van der Waals surface area contributed by atoms with Crippen LogP contribution in [0.2, 0.25) is 0 Å². The average Bonchev–Trinajstić information content (AvgIpc) is 3.32. The molecule has 2 aromatic rings. The Balaban J connectivity index is 2.29. The number of aromatic hydroxyl groups is 2. The molecular weight excluding hydrogens is 993 g/mol. The lowest BCUT2D eigenvalue weighted by atomic mass is 10.0. The molecule has 0 heterocycles. The van der Waals surface area contributed by atoms with Crippen LogP contribution < -0.4 is 54.0 Å². The maximum absolute atomic E-state index is 13.9. The van der Waals surface area contributed by atoms with Gasteiger partial charge in [0, 0.05) is 19.3 Å². The van der Waals surface area contributed by atoms with Gasteiger partial charge in [0.1, 0.15) is 53.8 Å². The number of nitrogens with two attached hydrogens (primary N) is 2. The minimum absolute atomic E-state index is 0.0289. The summed E-state index contributed by atoms with van der Waals surface area (Å²) < 4.78 is 0. The fourth-order valence-corrected chi connectivity index (χ4v) is 6.91. The predicted molar refractivity (Wildman–Crippen MR) is 260 cm³/mol. The van der Waals surface area contributed by atoms with E-state index >= 15 is 0 Å². The zero-order chi connectivity index (χ0) is 56.7. The molecule has 0 saturated carbocycles. The molecule has 9 amide bonds. The summed E-state index contributed by atoms with van der Waals surface area (Å²) in [7, 11) is 0. The Morgan fingerprint density at radius 1 is 0.520 bits per heavy atom. The SMILES string of the molecule is CC(C)C[C@H](NC(=O)CNC(=O)[C@H](CC(=O)O)NC(=O)[C@H](CCC(=O)O)NC(=O)[C@@H](NC(=O)[C@H](C)NC(=O)[C@H](Cc1ccc(O)cc1)NC(=O)[C@H](CCC(N)=O)NC(=O)[C@@H](N)Cc1ccc(O)cc1)[C@@H](C)O)C(=O)O. The minimum atomic E-state index is -1.95. The molecule has 0 bridgehead atoms. The third kappa shape index (κ3) is 23.4. The summed E-state index contributed by atoms with van der Waals surface area (Å²) >= 11 is 0. The lowest BCUT2D eigenvalue weighted by Crippen LogP contribution is -2.61. The van der Waals surface area contributed by atoms with Gasteiger partial charge in [-0.05, 0) is 80.8 Å².